The number of aryl methyl sites for hydroxylation is 2. The maximum absolute atomic E-state index is 10.4. The maximum atomic E-state index is 10.4. The monoisotopic (exact) mass is 545 g/mol. The van der Waals surface area contributed by atoms with Crippen molar-refractivity contribution in [1.29, 1.82) is 0 Å². The molecule has 7 nitrogen and oxygen atoms in total. The molecule has 8 heteroatoms. The van der Waals surface area contributed by atoms with E-state index in [4.69, 9.17) is 14.2 Å². The predicted octanol–water partition coefficient (Wildman–Crippen LogP) is 5.58. The molecule has 0 spiro atoms. The van der Waals surface area contributed by atoms with Gasteiger partial charge < -0.3 is 18.8 Å². The van der Waals surface area contributed by atoms with Crippen molar-refractivity contribution in [2.24, 2.45) is 0 Å². The van der Waals surface area contributed by atoms with Crippen LogP contribution in [0.4, 0.5) is 0 Å². The van der Waals surface area contributed by atoms with Crippen LogP contribution >= 0.6 is 0 Å². The lowest BCUT2D eigenvalue weighted by molar-refractivity contribution is -0.672. The molecule has 0 amide bonds. The lowest BCUT2D eigenvalue weighted by Gasteiger charge is -2.11. The second kappa shape index (κ2) is 12.1. The molecule has 1 heterocycles. The Morgan fingerprint density at radius 3 is 2.21 bits per heavy atom. The predicted molar refractivity (Wildman–Crippen MR) is 151 cm³/mol. The standard InChI is InChI=1S/C24H24NO3.C7H8O3S/c1-17-11-12-25(24-21(17)15-19(26-2)16-23(24)27-3)13-14-28-22-10-6-8-18-7-4-5-9-20(18)22;1-6-2-4-7(5-3-6)11(8,9)10/h4-12,15-16H,13-14H2,1-3H3;2-5H,1H3,(H,8,9,10)/q+1;/p-1. The third kappa shape index (κ3) is 6.66. The molecule has 0 bridgehead atoms. The highest BCUT2D eigenvalue weighted by atomic mass is 32.2. The molecule has 5 aromatic rings. The zero-order valence-corrected chi connectivity index (χ0v) is 23.2. The number of hydrogen-bond acceptors (Lipinski definition) is 6. The average molecular weight is 546 g/mol. The van der Waals surface area contributed by atoms with Gasteiger partial charge >= 0.3 is 0 Å². The Labute approximate surface area is 229 Å². The summed E-state index contributed by atoms with van der Waals surface area (Å²) in [4.78, 5) is -0.178. The van der Waals surface area contributed by atoms with Gasteiger partial charge in [-0.2, -0.15) is 4.57 Å². The number of fused-ring (bicyclic) bond motifs is 2. The van der Waals surface area contributed by atoms with Gasteiger partial charge in [-0.3, -0.25) is 0 Å². The van der Waals surface area contributed by atoms with E-state index in [-0.39, 0.29) is 4.90 Å². The highest BCUT2D eigenvalue weighted by Gasteiger charge is 2.18. The Bertz CT molecular complexity index is 1690. The van der Waals surface area contributed by atoms with Crippen molar-refractivity contribution in [1.82, 2.24) is 0 Å². The highest BCUT2D eigenvalue weighted by Crippen LogP contribution is 2.30. The molecular weight excluding hydrogens is 514 g/mol. The van der Waals surface area contributed by atoms with Gasteiger partial charge in [-0.1, -0.05) is 54.1 Å². The lowest BCUT2D eigenvalue weighted by atomic mass is 10.1. The van der Waals surface area contributed by atoms with Crippen LogP contribution in [0.2, 0.25) is 0 Å². The Balaban J connectivity index is 0.000000270. The van der Waals surface area contributed by atoms with Crippen molar-refractivity contribution in [2.45, 2.75) is 25.3 Å². The minimum Gasteiger partial charge on any atom is -0.744 e. The number of benzene rings is 4. The van der Waals surface area contributed by atoms with Crippen LogP contribution in [-0.2, 0) is 16.7 Å². The van der Waals surface area contributed by atoms with E-state index in [0.717, 1.165) is 39.1 Å². The summed E-state index contributed by atoms with van der Waals surface area (Å²) >= 11 is 0. The molecule has 0 aliphatic rings. The van der Waals surface area contributed by atoms with Gasteiger partial charge in [0.15, 0.2) is 18.5 Å². The molecule has 4 aromatic carbocycles. The zero-order chi connectivity index (χ0) is 28.0. The Morgan fingerprint density at radius 1 is 0.795 bits per heavy atom. The maximum Gasteiger partial charge on any atom is 0.255 e. The number of ether oxygens (including phenoxy) is 3. The molecule has 0 unspecified atom stereocenters. The Kier molecular flexibility index (Phi) is 8.69. The SMILES string of the molecule is COc1cc(OC)c2c(c1)c(C)cc[n+]2CCOc1cccc2ccccc12.Cc1ccc(S(=O)(=O)[O-])cc1. The quantitative estimate of drug-likeness (QED) is 0.196. The first-order valence-electron chi connectivity index (χ1n) is 12.4. The van der Waals surface area contributed by atoms with E-state index in [2.05, 4.69) is 48.0 Å². The Morgan fingerprint density at radius 2 is 1.51 bits per heavy atom. The van der Waals surface area contributed by atoms with Crippen molar-refractivity contribution in [3.8, 4) is 17.2 Å². The van der Waals surface area contributed by atoms with Crippen molar-refractivity contribution in [3.05, 3.63) is 102 Å². The average Bonchev–Trinajstić information content (AvgIpc) is 2.94. The topological polar surface area (TPSA) is 88.8 Å². The van der Waals surface area contributed by atoms with Crippen LogP contribution in [-0.4, -0.2) is 33.8 Å². The zero-order valence-electron chi connectivity index (χ0n) is 22.4. The van der Waals surface area contributed by atoms with E-state index in [0.29, 0.717) is 13.2 Å². The van der Waals surface area contributed by atoms with E-state index in [1.165, 1.54) is 23.1 Å². The number of nitrogens with zero attached hydrogens (tertiary/aromatic N) is 1. The van der Waals surface area contributed by atoms with Gasteiger partial charge in [0.25, 0.3) is 5.52 Å². The number of hydrogen-bond donors (Lipinski definition) is 0. The molecule has 0 saturated heterocycles. The summed E-state index contributed by atoms with van der Waals surface area (Å²) < 4.78 is 50.5. The van der Waals surface area contributed by atoms with Crippen LogP contribution in [0.1, 0.15) is 11.1 Å². The molecule has 5 rings (SSSR count). The van der Waals surface area contributed by atoms with Crippen LogP contribution in [0.25, 0.3) is 21.7 Å². The first-order chi connectivity index (χ1) is 18.7. The smallest absolute Gasteiger partial charge is 0.255 e. The molecule has 0 atom stereocenters. The van der Waals surface area contributed by atoms with Crippen molar-refractivity contribution in [2.75, 3.05) is 20.8 Å². The number of rotatable bonds is 7. The summed E-state index contributed by atoms with van der Waals surface area (Å²) in [5.41, 5.74) is 3.15. The van der Waals surface area contributed by atoms with Gasteiger partial charge in [0, 0.05) is 17.5 Å². The fraction of sp³-hybridized carbons (Fsp3) is 0.194. The third-order valence-corrected chi connectivity index (χ3v) is 7.22. The molecule has 0 saturated carbocycles. The second-order valence-corrected chi connectivity index (χ2v) is 10.4. The van der Waals surface area contributed by atoms with Crippen LogP contribution in [0.15, 0.2) is 96.0 Å². The summed E-state index contributed by atoms with van der Waals surface area (Å²) in [6.45, 7) is 5.19. The molecule has 0 N–H and O–H groups in total. The molecule has 1 aromatic heterocycles. The van der Waals surface area contributed by atoms with Crippen LogP contribution < -0.4 is 18.8 Å². The molecule has 0 aliphatic heterocycles. The first-order valence-corrected chi connectivity index (χ1v) is 13.8. The Hall–Kier alpha value is -4.14. The minimum absolute atomic E-state index is 0.178. The summed E-state index contributed by atoms with van der Waals surface area (Å²) in [5.74, 6) is 2.49. The highest BCUT2D eigenvalue weighted by molar-refractivity contribution is 7.85. The molecular formula is C31H31NO6S. The van der Waals surface area contributed by atoms with Gasteiger partial charge in [-0.05, 0) is 49.1 Å². The lowest BCUT2D eigenvalue weighted by Crippen LogP contribution is -2.37. The summed E-state index contributed by atoms with van der Waals surface area (Å²) in [6, 6.07) is 26.3. The van der Waals surface area contributed by atoms with E-state index in [1.807, 2.05) is 37.3 Å². The van der Waals surface area contributed by atoms with Gasteiger partial charge in [-0.15, -0.1) is 0 Å². The number of methoxy groups -OCH3 is 2. The van der Waals surface area contributed by atoms with Gasteiger partial charge in [-0.25, -0.2) is 8.42 Å². The van der Waals surface area contributed by atoms with E-state index in [1.54, 1.807) is 26.4 Å². The van der Waals surface area contributed by atoms with Gasteiger partial charge in [0.05, 0.1) is 24.5 Å². The number of aromatic nitrogens is 1. The molecule has 202 valence electrons. The van der Waals surface area contributed by atoms with Crippen LogP contribution in [0.3, 0.4) is 0 Å². The minimum atomic E-state index is -4.27. The summed E-state index contributed by atoms with van der Waals surface area (Å²) in [7, 11) is -0.910. The van der Waals surface area contributed by atoms with Crippen molar-refractivity contribution >= 4 is 31.8 Å². The van der Waals surface area contributed by atoms with Crippen LogP contribution in [0.5, 0.6) is 17.2 Å². The second-order valence-electron chi connectivity index (χ2n) is 9.01. The van der Waals surface area contributed by atoms with E-state index in [9.17, 15) is 13.0 Å². The first kappa shape index (κ1) is 27.9. The van der Waals surface area contributed by atoms with Gasteiger partial charge in [0.1, 0.15) is 28.2 Å². The van der Waals surface area contributed by atoms with Crippen molar-refractivity contribution in [3.63, 3.8) is 0 Å². The molecule has 39 heavy (non-hydrogen) atoms. The summed E-state index contributed by atoms with van der Waals surface area (Å²) in [5, 5.41) is 3.43. The molecule has 0 fully saturated rings. The third-order valence-electron chi connectivity index (χ3n) is 6.37. The van der Waals surface area contributed by atoms with Gasteiger partial charge in [0.2, 0.25) is 0 Å². The van der Waals surface area contributed by atoms with E-state index >= 15 is 0 Å². The van der Waals surface area contributed by atoms with Crippen LogP contribution in [0, 0.1) is 13.8 Å². The fourth-order valence-electron chi connectivity index (χ4n) is 4.29. The summed E-state index contributed by atoms with van der Waals surface area (Å²) in [6.07, 6.45) is 2.08. The fourth-order valence-corrected chi connectivity index (χ4v) is 4.76. The normalized spacial score (nSPS) is 11.1. The largest absolute Gasteiger partial charge is 0.744 e. The molecule has 0 radical (unpaired) electrons. The van der Waals surface area contributed by atoms with Crippen molar-refractivity contribution < 1.29 is 31.7 Å². The molecule has 0 aliphatic carbocycles. The van der Waals surface area contributed by atoms with E-state index < -0.39 is 10.1 Å². The number of pyridine rings is 1.